The van der Waals surface area contributed by atoms with Gasteiger partial charge in [-0.05, 0) is 39.7 Å². The smallest absolute Gasteiger partial charge is 0.0624 e. The molecule has 2 nitrogen and oxygen atoms in total. The van der Waals surface area contributed by atoms with E-state index in [9.17, 15) is 0 Å². The molecule has 1 rings (SSSR count). The summed E-state index contributed by atoms with van der Waals surface area (Å²) in [6, 6.07) is 3.57. The minimum atomic E-state index is 0.635. The van der Waals surface area contributed by atoms with Gasteiger partial charge in [-0.1, -0.05) is 0 Å². The van der Waals surface area contributed by atoms with Gasteiger partial charge in [0.1, 0.15) is 0 Å². The highest BCUT2D eigenvalue weighted by atomic mass is 15.2. The normalized spacial score (nSPS) is 37.7. The standard InChI is InChI=1S/C10H18N2/c1-8-6-10(4-5-11)7-9(2)12(8)3/h8-10H,4,6-7H2,1-3H3. The van der Waals surface area contributed by atoms with E-state index in [1.807, 2.05) is 0 Å². The number of hydrogen-bond acceptors (Lipinski definition) is 2. The van der Waals surface area contributed by atoms with Crippen LogP contribution in [0.1, 0.15) is 33.1 Å². The van der Waals surface area contributed by atoms with E-state index in [0.717, 1.165) is 6.42 Å². The summed E-state index contributed by atoms with van der Waals surface area (Å²) in [7, 11) is 2.18. The van der Waals surface area contributed by atoms with Gasteiger partial charge < -0.3 is 4.90 Å². The lowest BCUT2D eigenvalue weighted by atomic mass is 9.86. The van der Waals surface area contributed by atoms with Crippen molar-refractivity contribution in [3.8, 4) is 6.07 Å². The van der Waals surface area contributed by atoms with Crippen molar-refractivity contribution in [2.45, 2.75) is 45.2 Å². The van der Waals surface area contributed by atoms with Gasteiger partial charge in [-0.2, -0.15) is 5.26 Å². The summed E-state index contributed by atoms with van der Waals surface area (Å²) in [5.74, 6) is 0.635. The average molecular weight is 166 g/mol. The minimum absolute atomic E-state index is 0.635. The minimum Gasteiger partial charge on any atom is -0.301 e. The first-order valence-corrected chi connectivity index (χ1v) is 4.74. The first-order valence-electron chi connectivity index (χ1n) is 4.74. The molecule has 1 fully saturated rings. The predicted octanol–water partition coefficient (Wildman–Crippen LogP) is 2.02. The maximum atomic E-state index is 8.59. The van der Waals surface area contributed by atoms with Crippen LogP contribution in [0.4, 0.5) is 0 Å². The number of likely N-dealkylation sites (tertiary alicyclic amines) is 1. The molecule has 0 aromatic rings. The van der Waals surface area contributed by atoms with Crippen LogP contribution in [-0.4, -0.2) is 24.0 Å². The molecular formula is C10H18N2. The molecule has 0 saturated carbocycles. The summed E-state index contributed by atoms with van der Waals surface area (Å²) in [5.41, 5.74) is 0. The van der Waals surface area contributed by atoms with Gasteiger partial charge in [0.2, 0.25) is 0 Å². The fraction of sp³-hybridized carbons (Fsp3) is 0.900. The Morgan fingerprint density at radius 1 is 1.33 bits per heavy atom. The van der Waals surface area contributed by atoms with Crippen molar-refractivity contribution in [1.82, 2.24) is 4.90 Å². The first-order chi connectivity index (χ1) is 5.65. The van der Waals surface area contributed by atoms with Crippen molar-refractivity contribution in [2.75, 3.05) is 7.05 Å². The molecule has 1 aliphatic heterocycles. The van der Waals surface area contributed by atoms with E-state index in [4.69, 9.17) is 5.26 Å². The van der Waals surface area contributed by atoms with Gasteiger partial charge in [-0.15, -0.1) is 0 Å². The zero-order valence-electron chi connectivity index (χ0n) is 8.25. The summed E-state index contributed by atoms with van der Waals surface area (Å²) >= 11 is 0. The Morgan fingerprint density at radius 3 is 2.25 bits per heavy atom. The number of piperidine rings is 1. The van der Waals surface area contributed by atoms with Gasteiger partial charge in [0.15, 0.2) is 0 Å². The van der Waals surface area contributed by atoms with Crippen molar-refractivity contribution < 1.29 is 0 Å². The zero-order valence-corrected chi connectivity index (χ0v) is 8.25. The summed E-state index contributed by atoms with van der Waals surface area (Å²) in [6.07, 6.45) is 3.12. The Morgan fingerprint density at radius 2 is 1.83 bits per heavy atom. The molecule has 0 aromatic heterocycles. The number of nitrogens with zero attached hydrogens (tertiary/aromatic N) is 2. The zero-order chi connectivity index (χ0) is 9.14. The quantitative estimate of drug-likeness (QED) is 0.596. The molecule has 12 heavy (non-hydrogen) atoms. The molecule has 0 aromatic carbocycles. The van der Waals surface area contributed by atoms with Gasteiger partial charge in [-0.25, -0.2) is 0 Å². The van der Waals surface area contributed by atoms with Gasteiger partial charge in [0.25, 0.3) is 0 Å². The van der Waals surface area contributed by atoms with Crippen LogP contribution in [0.15, 0.2) is 0 Å². The molecule has 2 unspecified atom stereocenters. The average Bonchev–Trinajstić information content (AvgIpc) is 2.01. The Balaban J connectivity index is 2.49. The topological polar surface area (TPSA) is 27.0 Å². The fourth-order valence-electron chi connectivity index (χ4n) is 2.12. The third-order valence-corrected chi connectivity index (χ3v) is 3.12. The summed E-state index contributed by atoms with van der Waals surface area (Å²) in [4.78, 5) is 2.41. The van der Waals surface area contributed by atoms with Crippen molar-refractivity contribution >= 4 is 0 Å². The molecule has 0 N–H and O–H groups in total. The summed E-state index contributed by atoms with van der Waals surface area (Å²) in [5, 5.41) is 8.59. The highest BCUT2D eigenvalue weighted by Gasteiger charge is 2.27. The lowest BCUT2D eigenvalue weighted by Crippen LogP contribution is -2.43. The van der Waals surface area contributed by atoms with Crippen LogP contribution < -0.4 is 0 Å². The molecule has 1 heterocycles. The molecule has 0 bridgehead atoms. The van der Waals surface area contributed by atoms with E-state index in [-0.39, 0.29) is 0 Å². The Labute approximate surface area is 75.2 Å². The summed E-state index contributed by atoms with van der Waals surface area (Å²) < 4.78 is 0. The van der Waals surface area contributed by atoms with E-state index in [0.29, 0.717) is 18.0 Å². The van der Waals surface area contributed by atoms with Crippen molar-refractivity contribution in [1.29, 1.82) is 5.26 Å². The second-order valence-corrected chi connectivity index (χ2v) is 4.06. The predicted molar refractivity (Wildman–Crippen MR) is 49.6 cm³/mol. The molecule has 0 radical (unpaired) electrons. The van der Waals surface area contributed by atoms with Crippen LogP contribution in [0.25, 0.3) is 0 Å². The molecule has 2 atom stereocenters. The third-order valence-electron chi connectivity index (χ3n) is 3.12. The number of nitriles is 1. The van der Waals surface area contributed by atoms with Crippen LogP contribution in [-0.2, 0) is 0 Å². The van der Waals surface area contributed by atoms with Gasteiger partial charge in [0.05, 0.1) is 6.07 Å². The lowest BCUT2D eigenvalue weighted by molar-refractivity contribution is 0.0996. The monoisotopic (exact) mass is 166 g/mol. The van der Waals surface area contributed by atoms with E-state index in [2.05, 4.69) is 31.9 Å². The Kier molecular flexibility index (Phi) is 3.11. The van der Waals surface area contributed by atoms with Crippen molar-refractivity contribution in [2.24, 2.45) is 5.92 Å². The van der Waals surface area contributed by atoms with Crippen molar-refractivity contribution in [3.63, 3.8) is 0 Å². The second-order valence-electron chi connectivity index (χ2n) is 4.06. The SMILES string of the molecule is CC1CC(CC#N)CC(C)N1C. The van der Waals surface area contributed by atoms with Gasteiger partial charge in [-0.3, -0.25) is 0 Å². The van der Waals surface area contributed by atoms with Crippen LogP contribution in [0.5, 0.6) is 0 Å². The Bertz CT molecular complexity index is 171. The highest BCUT2D eigenvalue weighted by Crippen LogP contribution is 2.27. The largest absolute Gasteiger partial charge is 0.301 e. The summed E-state index contributed by atoms with van der Waals surface area (Å²) in [6.45, 7) is 4.50. The Hall–Kier alpha value is -0.550. The van der Waals surface area contributed by atoms with E-state index < -0.39 is 0 Å². The van der Waals surface area contributed by atoms with Crippen LogP contribution in [0.2, 0.25) is 0 Å². The molecule has 0 aliphatic carbocycles. The molecule has 1 saturated heterocycles. The van der Waals surface area contributed by atoms with Crippen LogP contribution in [0.3, 0.4) is 0 Å². The molecule has 68 valence electrons. The lowest BCUT2D eigenvalue weighted by Gasteiger charge is -2.39. The van der Waals surface area contributed by atoms with E-state index >= 15 is 0 Å². The number of rotatable bonds is 1. The number of hydrogen-bond donors (Lipinski definition) is 0. The molecule has 1 aliphatic rings. The highest BCUT2D eigenvalue weighted by molar-refractivity contribution is 4.86. The van der Waals surface area contributed by atoms with E-state index in [1.54, 1.807) is 0 Å². The molecular weight excluding hydrogens is 148 g/mol. The van der Waals surface area contributed by atoms with Gasteiger partial charge >= 0.3 is 0 Å². The maximum Gasteiger partial charge on any atom is 0.0624 e. The van der Waals surface area contributed by atoms with Gasteiger partial charge in [0, 0.05) is 18.5 Å². The second kappa shape index (κ2) is 3.91. The van der Waals surface area contributed by atoms with E-state index in [1.165, 1.54) is 12.8 Å². The third kappa shape index (κ3) is 1.98. The first kappa shape index (κ1) is 9.54. The fourth-order valence-corrected chi connectivity index (χ4v) is 2.12. The molecule has 0 spiro atoms. The van der Waals surface area contributed by atoms with Crippen molar-refractivity contribution in [3.05, 3.63) is 0 Å². The van der Waals surface area contributed by atoms with Crippen LogP contribution >= 0.6 is 0 Å². The van der Waals surface area contributed by atoms with Crippen LogP contribution in [0, 0.1) is 17.2 Å². The molecule has 0 amide bonds. The molecule has 2 heteroatoms. The maximum absolute atomic E-state index is 8.59.